The SMILES string of the molecule is COc1ccc(-c2coc3cc(OC(=O)c4ccccc4OC)ccc3c2=O)cc1. The molecule has 30 heavy (non-hydrogen) atoms. The zero-order chi connectivity index (χ0) is 21.1. The van der Waals surface area contributed by atoms with E-state index in [2.05, 4.69) is 0 Å². The number of fused-ring (bicyclic) bond motifs is 1. The van der Waals surface area contributed by atoms with Crippen LogP contribution in [0.25, 0.3) is 22.1 Å². The zero-order valence-corrected chi connectivity index (χ0v) is 16.4. The normalized spacial score (nSPS) is 10.6. The van der Waals surface area contributed by atoms with Crippen molar-refractivity contribution in [3.8, 4) is 28.4 Å². The van der Waals surface area contributed by atoms with E-state index >= 15 is 0 Å². The van der Waals surface area contributed by atoms with Crippen LogP contribution in [0.1, 0.15) is 10.4 Å². The van der Waals surface area contributed by atoms with Gasteiger partial charge >= 0.3 is 5.97 Å². The van der Waals surface area contributed by atoms with Crippen molar-refractivity contribution in [1.29, 1.82) is 0 Å². The second kappa shape index (κ2) is 8.13. The first-order chi connectivity index (χ1) is 14.6. The van der Waals surface area contributed by atoms with Crippen molar-refractivity contribution in [1.82, 2.24) is 0 Å². The lowest BCUT2D eigenvalue weighted by atomic mass is 10.1. The number of hydrogen-bond donors (Lipinski definition) is 0. The molecule has 0 saturated heterocycles. The lowest BCUT2D eigenvalue weighted by Gasteiger charge is -2.09. The molecule has 0 radical (unpaired) electrons. The molecule has 150 valence electrons. The molecule has 1 heterocycles. The van der Waals surface area contributed by atoms with E-state index in [4.69, 9.17) is 18.6 Å². The number of benzene rings is 3. The van der Waals surface area contributed by atoms with E-state index in [0.29, 0.717) is 33.6 Å². The lowest BCUT2D eigenvalue weighted by Crippen LogP contribution is -2.10. The number of ether oxygens (including phenoxy) is 3. The van der Waals surface area contributed by atoms with E-state index < -0.39 is 5.97 Å². The fraction of sp³-hybridized carbons (Fsp3) is 0.0833. The summed E-state index contributed by atoms with van der Waals surface area (Å²) < 4.78 is 21.4. The van der Waals surface area contributed by atoms with E-state index in [0.717, 1.165) is 5.56 Å². The van der Waals surface area contributed by atoms with Crippen LogP contribution in [0, 0.1) is 0 Å². The average molecular weight is 402 g/mol. The third-order valence-electron chi connectivity index (χ3n) is 4.68. The lowest BCUT2D eigenvalue weighted by molar-refractivity contribution is 0.0731. The summed E-state index contributed by atoms with van der Waals surface area (Å²) in [5, 5.41) is 0.389. The molecular formula is C24H18O6. The van der Waals surface area contributed by atoms with Gasteiger partial charge in [0, 0.05) is 6.07 Å². The molecule has 0 atom stereocenters. The predicted molar refractivity (Wildman–Crippen MR) is 112 cm³/mol. The van der Waals surface area contributed by atoms with Gasteiger partial charge in [0.25, 0.3) is 0 Å². The first-order valence-corrected chi connectivity index (χ1v) is 9.16. The largest absolute Gasteiger partial charge is 0.497 e. The van der Waals surface area contributed by atoms with E-state index in [1.807, 2.05) is 0 Å². The van der Waals surface area contributed by atoms with Gasteiger partial charge in [0.05, 0.1) is 25.2 Å². The molecule has 0 aliphatic heterocycles. The molecule has 3 aromatic carbocycles. The van der Waals surface area contributed by atoms with Crippen molar-refractivity contribution in [2.75, 3.05) is 14.2 Å². The number of rotatable bonds is 5. The number of carbonyl (C=O) groups excluding carboxylic acids is 1. The number of methoxy groups -OCH3 is 2. The van der Waals surface area contributed by atoms with Gasteiger partial charge in [-0.1, -0.05) is 24.3 Å². The molecule has 4 aromatic rings. The first-order valence-electron chi connectivity index (χ1n) is 9.16. The van der Waals surface area contributed by atoms with E-state index in [1.165, 1.54) is 19.4 Å². The van der Waals surface area contributed by atoms with Crippen LogP contribution in [0.5, 0.6) is 17.2 Å². The molecule has 0 bridgehead atoms. The van der Waals surface area contributed by atoms with Crippen LogP contribution in [-0.4, -0.2) is 20.2 Å². The topological polar surface area (TPSA) is 75.0 Å². The smallest absolute Gasteiger partial charge is 0.347 e. The maximum Gasteiger partial charge on any atom is 0.347 e. The highest BCUT2D eigenvalue weighted by atomic mass is 16.5. The van der Waals surface area contributed by atoms with Gasteiger partial charge in [0.15, 0.2) is 5.43 Å². The van der Waals surface area contributed by atoms with Crippen molar-refractivity contribution >= 4 is 16.9 Å². The summed E-state index contributed by atoms with van der Waals surface area (Å²) in [6.07, 6.45) is 1.40. The zero-order valence-electron chi connectivity index (χ0n) is 16.4. The minimum absolute atomic E-state index is 0.177. The summed E-state index contributed by atoms with van der Waals surface area (Å²) >= 11 is 0. The summed E-state index contributed by atoms with van der Waals surface area (Å²) in [6, 6.07) is 18.6. The van der Waals surface area contributed by atoms with Gasteiger partial charge in [0.2, 0.25) is 0 Å². The molecule has 4 rings (SSSR count). The molecule has 0 unspecified atom stereocenters. The summed E-state index contributed by atoms with van der Waals surface area (Å²) in [4.78, 5) is 25.4. The Labute approximate surface area is 172 Å². The fourth-order valence-electron chi connectivity index (χ4n) is 3.12. The second-order valence-electron chi connectivity index (χ2n) is 6.45. The summed E-state index contributed by atoms with van der Waals surface area (Å²) in [7, 11) is 3.06. The van der Waals surface area contributed by atoms with Gasteiger partial charge in [-0.2, -0.15) is 0 Å². The van der Waals surface area contributed by atoms with Crippen LogP contribution in [0.3, 0.4) is 0 Å². The van der Waals surface area contributed by atoms with Crippen LogP contribution in [0.15, 0.2) is 82.2 Å². The monoisotopic (exact) mass is 402 g/mol. The van der Waals surface area contributed by atoms with Crippen molar-refractivity contribution < 1.29 is 23.4 Å². The molecule has 0 aliphatic carbocycles. The molecule has 0 fully saturated rings. The number of para-hydroxylation sites is 1. The Morgan fingerprint density at radius 2 is 1.60 bits per heavy atom. The maximum absolute atomic E-state index is 12.9. The number of carbonyl (C=O) groups is 1. The van der Waals surface area contributed by atoms with Crippen molar-refractivity contribution in [3.63, 3.8) is 0 Å². The minimum Gasteiger partial charge on any atom is -0.497 e. The molecule has 0 aliphatic rings. The minimum atomic E-state index is -0.566. The fourth-order valence-corrected chi connectivity index (χ4v) is 3.12. The summed E-state index contributed by atoms with van der Waals surface area (Å²) in [5.41, 5.74) is 1.60. The van der Waals surface area contributed by atoms with Gasteiger partial charge in [0.1, 0.15) is 34.7 Å². The van der Waals surface area contributed by atoms with E-state index in [-0.39, 0.29) is 11.2 Å². The van der Waals surface area contributed by atoms with Crippen molar-refractivity contribution in [2.24, 2.45) is 0 Å². The van der Waals surface area contributed by atoms with Crippen LogP contribution in [0.4, 0.5) is 0 Å². The molecule has 0 saturated carbocycles. The highest BCUT2D eigenvalue weighted by Gasteiger charge is 2.15. The predicted octanol–water partition coefficient (Wildman–Crippen LogP) is 4.70. The summed E-state index contributed by atoms with van der Waals surface area (Å²) in [5.74, 6) is 0.812. The molecule has 6 heteroatoms. The van der Waals surface area contributed by atoms with Gasteiger partial charge in [-0.05, 0) is 42.0 Å². The Hall–Kier alpha value is -4.06. The quantitative estimate of drug-likeness (QED) is 0.356. The molecular weight excluding hydrogens is 384 g/mol. The Balaban J connectivity index is 1.65. The molecule has 0 amide bonds. The number of hydrogen-bond acceptors (Lipinski definition) is 6. The Kier molecular flexibility index (Phi) is 5.22. The highest BCUT2D eigenvalue weighted by molar-refractivity contribution is 5.94. The molecule has 0 N–H and O–H groups in total. The Morgan fingerprint density at radius 1 is 0.867 bits per heavy atom. The number of esters is 1. The van der Waals surface area contributed by atoms with E-state index in [1.54, 1.807) is 67.8 Å². The molecule has 0 spiro atoms. The van der Waals surface area contributed by atoms with Crippen molar-refractivity contribution in [3.05, 3.63) is 88.8 Å². The van der Waals surface area contributed by atoms with Gasteiger partial charge in [-0.25, -0.2) is 4.79 Å². The van der Waals surface area contributed by atoms with Crippen LogP contribution < -0.4 is 19.6 Å². The average Bonchev–Trinajstić information content (AvgIpc) is 2.79. The van der Waals surface area contributed by atoms with Gasteiger partial charge in [-0.3, -0.25) is 4.79 Å². The van der Waals surface area contributed by atoms with Gasteiger partial charge < -0.3 is 18.6 Å². The summed E-state index contributed by atoms with van der Waals surface area (Å²) in [6.45, 7) is 0. The van der Waals surface area contributed by atoms with E-state index in [9.17, 15) is 9.59 Å². The standard InChI is InChI=1S/C24H18O6/c1-27-16-9-7-15(8-10-16)20-14-29-22-13-17(11-12-18(22)23(20)25)30-24(26)19-5-3-4-6-21(19)28-2/h3-14H,1-2H3. The van der Waals surface area contributed by atoms with Crippen LogP contribution in [0.2, 0.25) is 0 Å². The highest BCUT2D eigenvalue weighted by Crippen LogP contribution is 2.26. The first kappa shape index (κ1) is 19.3. The van der Waals surface area contributed by atoms with Gasteiger partial charge in [-0.15, -0.1) is 0 Å². The second-order valence-corrected chi connectivity index (χ2v) is 6.45. The van der Waals surface area contributed by atoms with Crippen LogP contribution >= 0.6 is 0 Å². The maximum atomic E-state index is 12.9. The molecule has 1 aromatic heterocycles. The molecule has 6 nitrogen and oxygen atoms in total. The Morgan fingerprint density at radius 3 is 2.33 bits per heavy atom. The third-order valence-corrected chi connectivity index (χ3v) is 4.68. The van der Waals surface area contributed by atoms with Crippen molar-refractivity contribution in [2.45, 2.75) is 0 Å². The van der Waals surface area contributed by atoms with Crippen LogP contribution in [-0.2, 0) is 0 Å². The third kappa shape index (κ3) is 3.63. The Bertz CT molecular complexity index is 1270.